The number of likely N-dealkylation sites (N-methyl/N-ethyl adjacent to an activating group) is 1. The molecule has 0 fully saturated rings. The summed E-state index contributed by atoms with van der Waals surface area (Å²) in [5.41, 5.74) is 0. The standard InChI is InChI=1S/C86H158NO8P/c1-6-8-10-12-14-16-18-20-22-24-26-28-30-32-34-36-38-40-41-42-43-44-45-47-48-50-52-54-56-58-60-62-64-66-68-70-72-74-76-78-85(88)92-82-84(83-94-96(90,91)93-81-80-87(3,4)5)95-86(89)79-77-75-73-71-69-67-65-63-61-59-57-55-53-51-49-46-39-37-35-33-31-29-27-25-23-21-19-17-15-13-11-9-7-2/h9,11,15,17,21,23-24,26-27,29,33,35,39,46,84H,6-8,10,12-14,16,18-20,22,25,28,30-32,34,36-38,40-45,47-83H2,1-5H3/b11-9-,17-15-,23-21-,26-24-,29-27-,35-33-,46-39-. The van der Waals surface area contributed by atoms with Gasteiger partial charge in [0.15, 0.2) is 6.10 Å². The van der Waals surface area contributed by atoms with E-state index < -0.39 is 26.5 Å². The van der Waals surface area contributed by atoms with Crippen molar-refractivity contribution in [3.8, 4) is 0 Å². The van der Waals surface area contributed by atoms with Crippen LogP contribution in [0.4, 0.5) is 0 Å². The van der Waals surface area contributed by atoms with Crippen LogP contribution in [0, 0.1) is 0 Å². The molecule has 9 nitrogen and oxygen atoms in total. The summed E-state index contributed by atoms with van der Waals surface area (Å²) < 4.78 is 34.4. The van der Waals surface area contributed by atoms with Gasteiger partial charge in [0.2, 0.25) is 0 Å². The molecule has 2 atom stereocenters. The highest BCUT2D eigenvalue weighted by molar-refractivity contribution is 7.45. The van der Waals surface area contributed by atoms with Crippen LogP contribution in [0.25, 0.3) is 0 Å². The lowest BCUT2D eigenvalue weighted by atomic mass is 10.0. The van der Waals surface area contributed by atoms with Crippen LogP contribution in [-0.4, -0.2) is 70.0 Å². The normalized spacial score (nSPS) is 13.4. The number of ether oxygens (including phenoxy) is 2. The minimum Gasteiger partial charge on any atom is -0.756 e. The maximum absolute atomic E-state index is 12.9. The van der Waals surface area contributed by atoms with E-state index in [2.05, 4.69) is 98.9 Å². The Morgan fingerprint density at radius 1 is 0.333 bits per heavy atom. The summed E-state index contributed by atoms with van der Waals surface area (Å²) in [6.07, 6.45) is 106. The molecule has 96 heavy (non-hydrogen) atoms. The number of phosphoric acid groups is 1. The van der Waals surface area contributed by atoms with Gasteiger partial charge in [-0.3, -0.25) is 14.2 Å². The molecule has 0 rings (SSSR count). The number of hydrogen-bond acceptors (Lipinski definition) is 8. The number of esters is 2. The van der Waals surface area contributed by atoms with Crippen LogP contribution in [0.3, 0.4) is 0 Å². The maximum Gasteiger partial charge on any atom is 0.306 e. The number of rotatable bonds is 77. The number of unbranched alkanes of at least 4 members (excludes halogenated alkanes) is 49. The quantitative estimate of drug-likeness (QED) is 0.0195. The second-order valence-electron chi connectivity index (χ2n) is 29.1. The molecular formula is C86H158NO8P. The van der Waals surface area contributed by atoms with Gasteiger partial charge in [-0.1, -0.05) is 381 Å². The predicted octanol–water partition coefficient (Wildman–Crippen LogP) is 27.0. The van der Waals surface area contributed by atoms with E-state index in [-0.39, 0.29) is 32.0 Å². The van der Waals surface area contributed by atoms with Crippen LogP contribution in [0.2, 0.25) is 0 Å². The van der Waals surface area contributed by atoms with Crippen molar-refractivity contribution in [2.24, 2.45) is 0 Å². The molecule has 0 aromatic rings. The zero-order valence-corrected chi connectivity index (χ0v) is 65.0. The van der Waals surface area contributed by atoms with Gasteiger partial charge < -0.3 is 27.9 Å². The Hall–Kier alpha value is -2.81. The Balaban J connectivity index is 3.91. The molecule has 0 saturated carbocycles. The number of allylic oxidation sites excluding steroid dienone is 14. The molecule has 0 aromatic carbocycles. The minimum absolute atomic E-state index is 0.0311. The monoisotopic (exact) mass is 1360 g/mol. The molecule has 10 heteroatoms. The van der Waals surface area contributed by atoms with E-state index in [1.807, 2.05) is 21.1 Å². The second kappa shape index (κ2) is 76.4. The first kappa shape index (κ1) is 93.2. The van der Waals surface area contributed by atoms with Gasteiger partial charge in [0.05, 0.1) is 27.7 Å². The SMILES string of the molecule is CC/C=C\C/C=C\C/C=C\C/C=C\C/C=C\C/C=C\CCCCCCCCCCCCCCCCC(=O)OC(COC(=O)CCCCCCCCCCCCCCCCCCCCCCCCCCCCC/C=C\CCCCCCCCCC)COP(=O)([O-])OCC[N+](C)(C)C. The van der Waals surface area contributed by atoms with Gasteiger partial charge in [-0.2, -0.15) is 0 Å². The molecule has 0 aliphatic carbocycles. The Kier molecular flexibility index (Phi) is 74.1. The molecule has 0 radical (unpaired) electrons. The van der Waals surface area contributed by atoms with E-state index in [0.717, 1.165) is 77.0 Å². The first-order valence-electron chi connectivity index (χ1n) is 41.3. The third-order valence-electron chi connectivity index (χ3n) is 18.4. The minimum atomic E-state index is -4.65. The summed E-state index contributed by atoms with van der Waals surface area (Å²) in [4.78, 5) is 38.2. The lowest BCUT2D eigenvalue weighted by molar-refractivity contribution is -0.870. The van der Waals surface area contributed by atoms with Gasteiger partial charge in [-0.05, 0) is 89.9 Å². The van der Waals surface area contributed by atoms with E-state index in [4.69, 9.17) is 18.5 Å². The zero-order chi connectivity index (χ0) is 69.7. The molecule has 0 spiro atoms. The number of nitrogens with zero attached hydrogens (tertiary/aromatic N) is 1. The maximum atomic E-state index is 12.9. The summed E-state index contributed by atoms with van der Waals surface area (Å²) in [6, 6.07) is 0. The van der Waals surface area contributed by atoms with Gasteiger partial charge in [0, 0.05) is 12.8 Å². The van der Waals surface area contributed by atoms with E-state index in [9.17, 15) is 19.0 Å². The Labute approximate surface area is 596 Å². The second-order valence-corrected chi connectivity index (χ2v) is 30.5. The summed E-state index contributed by atoms with van der Waals surface area (Å²) in [7, 11) is 1.18. The van der Waals surface area contributed by atoms with Crippen LogP contribution in [0.1, 0.15) is 399 Å². The third kappa shape index (κ3) is 80.2. The summed E-state index contributed by atoms with van der Waals surface area (Å²) in [5, 5.41) is 0. The fourth-order valence-electron chi connectivity index (χ4n) is 12.1. The van der Waals surface area contributed by atoms with Crippen molar-refractivity contribution >= 4 is 19.8 Å². The highest BCUT2D eigenvalue weighted by atomic mass is 31.2. The molecular weight excluding hydrogens is 1210 g/mol. The number of carbonyl (C=O) groups excluding carboxylic acids is 2. The summed E-state index contributed by atoms with van der Waals surface area (Å²) in [6.45, 7) is 4.18. The third-order valence-corrected chi connectivity index (χ3v) is 19.4. The van der Waals surface area contributed by atoms with Crippen molar-refractivity contribution < 1.29 is 42.1 Å². The van der Waals surface area contributed by atoms with Crippen molar-refractivity contribution in [1.29, 1.82) is 0 Å². The smallest absolute Gasteiger partial charge is 0.306 e. The van der Waals surface area contributed by atoms with Gasteiger partial charge in [-0.15, -0.1) is 0 Å². The molecule has 0 saturated heterocycles. The largest absolute Gasteiger partial charge is 0.756 e. The van der Waals surface area contributed by atoms with Gasteiger partial charge in [0.1, 0.15) is 19.8 Å². The predicted molar refractivity (Wildman–Crippen MR) is 416 cm³/mol. The molecule has 0 N–H and O–H groups in total. The van der Waals surface area contributed by atoms with Crippen molar-refractivity contribution in [2.75, 3.05) is 47.5 Å². The first-order chi connectivity index (χ1) is 47.0. The van der Waals surface area contributed by atoms with Crippen molar-refractivity contribution in [2.45, 2.75) is 405 Å². The zero-order valence-electron chi connectivity index (χ0n) is 64.1. The fraction of sp³-hybridized carbons (Fsp3) is 0.814. The Bertz CT molecular complexity index is 1900. The number of phosphoric ester groups is 1. The van der Waals surface area contributed by atoms with Crippen LogP contribution in [0.5, 0.6) is 0 Å². The van der Waals surface area contributed by atoms with E-state index >= 15 is 0 Å². The van der Waals surface area contributed by atoms with Crippen molar-refractivity contribution in [3.63, 3.8) is 0 Å². The molecule has 0 bridgehead atoms. The average Bonchev–Trinajstić information content (AvgIpc) is 1.48. The van der Waals surface area contributed by atoms with Crippen molar-refractivity contribution in [1.82, 2.24) is 0 Å². The fourth-order valence-corrected chi connectivity index (χ4v) is 12.9. The summed E-state index contributed by atoms with van der Waals surface area (Å²) >= 11 is 0. The highest BCUT2D eigenvalue weighted by Gasteiger charge is 2.22. The summed E-state index contributed by atoms with van der Waals surface area (Å²) in [5.74, 6) is -0.817. The topological polar surface area (TPSA) is 111 Å². The van der Waals surface area contributed by atoms with Gasteiger partial charge in [-0.25, -0.2) is 0 Å². The van der Waals surface area contributed by atoms with E-state index in [0.29, 0.717) is 17.4 Å². The van der Waals surface area contributed by atoms with E-state index in [1.54, 1.807) is 0 Å². The number of quaternary nitrogens is 1. The lowest BCUT2D eigenvalue weighted by Gasteiger charge is -2.28. The van der Waals surface area contributed by atoms with Crippen LogP contribution >= 0.6 is 7.82 Å². The molecule has 0 heterocycles. The number of carbonyl (C=O) groups is 2. The molecule has 0 aliphatic rings. The van der Waals surface area contributed by atoms with Crippen LogP contribution in [0.15, 0.2) is 85.1 Å². The average molecular weight is 1370 g/mol. The van der Waals surface area contributed by atoms with E-state index in [1.165, 1.54) is 289 Å². The van der Waals surface area contributed by atoms with Crippen molar-refractivity contribution in [3.05, 3.63) is 85.1 Å². The molecule has 0 aliphatic heterocycles. The lowest BCUT2D eigenvalue weighted by Crippen LogP contribution is -2.37. The Morgan fingerprint density at radius 2 is 0.594 bits per heavy atom. The highest BCUT2D eigenvalue weighted by Crippen LogP contribution is 2.38. The molecule has 2 unspecified atom stereocenters. The van der Waals surface area contributed by atoms with Crippen LogP contribution < -0.4 is 4.89 Å². The van der Waals surface area contributed by atoms with Crippen LogP contribution in [-0.2, 0) is 32.7 Å². The molecule has 0 amide bonds. The first-order valence-corrected chi connectivity index (χ1v) is 42.8. The van der Waals surface area contributed by atoms with Gasteiger partial charge >= 0.3 is 11.9 Å². The van der Waals surface area contributed by atoms with Gasteiger partial charge in [0.25, 0.3) is 7.82 Å². The Morgan fingerprint density at radius 3 is 0.896 bits per heavy atom. The molecule has 0 aromatic heterocycles. The molecule has 560 valence electrons. The number of hydrogen-bond donors (Lipinski definition) is 0.